The standard InChI is InChI=1S/C11H21N/c1-7-12(6)9-10(2)8-11(3,4)5/h7,9H,1,8H2,2-6H3/b10-9+. The van der Waals surface area contributed by atoms with Crippen LogP contribution in [0, 0.1) is 5.41 Å². The first kappa shape index (κ1) is 11.3. The van der Waals surface area contributed by atoms with Gasteiger partial charge in [-0.25, -0.2) is 0 Å². The number of hydrogen-bond donors (Lipinski definition) is 0. The van der Waals surface area contributed by atoms with Crippen LogP contribution in [0.4, 0.5) is 0 Å². The number of nitrogens with zero attached hydrogens (tertiary/aromatic N) is 1. The first-order valence-corrected chi connectivity index (χ1v) is 4.37. The summed E-state index contributed by atoms with van der Waals surface area (Å²) in [6, 6.07) is 0. The van der Waals surface area contributed by atoms with E-state index in [-0.39, 0.29) is 0 Å². The molecule has 1 heteroatoms. The van der Waals surface area contributed by atoms with Crippen LogP contribution in [0.1, 0.15) is 34.1 Å². The summed E-state index contributed by atoms with van der Waals surface area (Å²) < 4.78 is 0. The lowest BCUT2D eigenvalue weighted by molar-refractivity contribution is 0.406. The van der Waals surface area contributed by atoms with Crippen LogP contribution in [0.25, 0.3) is 0 Å². The van der Waals surface area contributed by atoms with E-state index in [2.05, 4.69) is 40.5 Å². The van der Waals surface area contributed by atoms with Gasteiger partial charge in [0.2, 0.25) is 0 Å². The number of rotatable bonds is 3. The normalized spacial score (nSPS) is 12.9. The number of hydrogen-bond acceptors (Lipinski definition) is 1. The molecule has 0 fully saturated rings. The minimum atomic E-state index is 0.378. The third-order valence-corrected chi connectivity index (χ3v) is 1.52. The lowest BCUT2D eigenvalue weighted by atomic mass is 9.89. The largest absolute Gasteiger partial charge is 0.358 e. The summed E-state index contributed by atoms with van der Waals surface area (Å²) in [7, 11) is 2.00. The molecule has 0 saturated carbocycles. The first-order chi connectivity index (χ1) is 5.35. The second kappa shape index (κ2) is 4.34. The lowest BCUT2D eigenvalue weighted by Crippen LogP contribution is -2.07. The van der Waals surface area contributed by atoms with Crippen LogP contribution in [0.5, 0.6) is 0 Å². The highest BCUT2D eigenvalue weighted by molar-refractivity contribution is 5.01. The van der Waals surface area contributed by atoms with Crippen LogP contribution in [-0.4, -0.2) is 11.9 Å². The summed E-state index contributed by atoms with van der Waals surface area (Å²) in [5, 5.41) is 0. The second-order valence-electron chi connectivity index (χ2n) is 4.56. The van der Waals surface area contributed by atoms with Gasteiger partial charge < -0.3 is 4.90 Å². The van der Waals surface area contributed by atoms with E-state index in [4.69, 9.17) is 0 Å². The molecule has 0 aromatic carbocycles. The third kappa shape index (κ3) is 6.02. The predicted molar refractivity (Wildman–Crippen MR) is 55.8 cm³/mol. The molecule has 0 unspecified atom stereocenters. The minimum Gasteiger partial charge on any atom is -0.358 e. The molecule has 0 rings (SSSR count). The summed E-state index contributed by atoms with van der Waals surface area (Å²) >= 11 is 0. The molecule has 0 saturated heterocycles. The maximum Gasteiger partial charge on any atom is 0.0106 e. The Balaban J connectivity index is 4.11. The van der Waals surface area contributed by atoms with Gasteiger partial charge >= 0.3 is 0 Å². The summed E-state index contributed by atoms with van der Waals surface area (Å²) in [5.41, 5.74) is 1.77. The quantitative estimate of drug-likeness (QED) is 0.622. The van der Waals surface area contributed by atoms with Crippen LogP contribution in [0.3, 0.4) is 0 Å². The summed E-state index contributed by atoms with van der Waals surface area (Å²) in [4.78, 5) is 1.99. The van der Waals surface area contributed by atoms with E-state index in [1.54, 1.807) is 0 Å². The molecular weight excluding hydrogens is 146 g/mol. The fourth-order valence-electron chi connectivity index (χ4n) is 1.28. The molecule has 0 aliphatic heterocycles. The number of allylic oxidation sites excluding steroid dienone is 1. The van der Waals surface area contributed by atoms with Crippen molar-refractivity contribution in [3.05, 3.63) is 24.6 Å². The zero-order valence-electron chi connectivity index (χ0n) is 9.02. The van der Waals surface area contributed by atoms with Gasteiger partial charge in [0.25, 0.3) is 0 Å². The first-order valence-electron chi connectivity index (χ1n) is 4.37. The van der Waals surface area contributed by atoms with Crippen LogP contribution >= 0.6 is 0 Å². The monoisotopic (exact) mass is 167 g/mol. The Bertz CT molecular complexity index is 172. The van der Waals surface area contributed by atoms with E-state index < -0.39 is 0 Å². The Morgan fingerprint density at radius 2 is 1.92 bits per heavy atom. The molecular formula is C11H21N. The average molecular weight is 167 g/mol. The van der Waals surface area contributed by atoms with E-state index >= 15 is 0 Å². The van der Waals surface area contributed by atoms with Crippen LogP contribution in [0.2, 0.25) is 0 Å². The van der Waals surface area contributed by atoms with E-state index in [1.807, 2.05) is 18.1 Å². The Morgan fingerprint density at radius 1 is 1.42 bits per heavy atom. The van der Waals surface area contributed by atoms with Crippen molar-refractivity contribution in [2.45, 2.75) is 34.1 Å². The van der Waals surface area contributed by atoms with E-state index in [9.17, 15) is 0 Å². The van der Waals surface area contributed by atoms with Crippen molar-refractivity contribution in [3.63, 3.8) is 0 Å². The van der Waals surface area contributed by atoms with Crippen molar-refractivity contribution in [2.24, 2.45) is 5.41 Å². The molecule has 0 bridgehead atoms. The van der Waals surface area contributed by atoms with Crippen molar-refractivity contribution < 1.29 is 0 Å². The Morgan fingerprint density at radius 3 is 2.25 bits per heavy atom. The lowest BCUT2D eigenvalue weighted by Gasteiger charge is -2.19. The fraction of sp³-hybridized carbons (Fsp3) is 0.636. The van der Waals surface area contributed by atoms with Gasteiger partial charge in [-0.15, -0.1) is 0 Å². The molecule has 0 radical (unpaired) electrons. The smallest absolute Gasteiger partial charge is 0.0106 e. The van der Waals surface area contributed by atoms with Gasteiger partial charge in [-0.2, -0.15) is 0 Å². The summed E-state index contributed by atoms with van der Waals surface area (Å²) in [5.74, 6) is 0. The van der Waals surface area contributed by atoms with Crippen molar-refractivity contribution in [1.82, 2.24) is 4.90 Å². The van der Waals surface area contributed by atoms with Gasteiger partial charge in [-0.3, -0.25) is 0 Å². The van der Waals surface area contributed by atoms with Gasteiger partial charge in [0.05, 0.1) is 0 Å². The molecule has 0 N–H and O–H groups in total. The average Bonchev–Trinajstić information content (AvgIpc) is 1.82. The van der Waals surface area contributed by atoms with Crippen molar-refractivity contribution >= 4 is 0 Å². The fourth-order valence-corrected chi connectivity index (χ4v) is 1.28. The van der Waals surface area contributed by atoms with Crippen molar-refractivity contribution in [2.75, 3.05) is 7.05 Å². The maximum atomic E-state index is 3.69. The Hall–Kier alpha value is -0.720. The summed E-state index contributed by atoms with van der Waals surface area (Å²) in [6.45, 7) is 12.6. The molecule has 0 aliphatic rings. The summed E-state index contributed by atoms with van der Waals surface area (Å²) in [6.07, 6.45) is 5.07. The SMILES string of the molecule is C=CN(C)/C=C(\C)CC(C)(C)C. The van der Waals surface area contributed by atoms with Crippen LogP contribution in [-0.2, 0) is 0 Å². The molecule has 0 spiro atoms. The van der Waals surface area contributed by atoms with Crippen molar-refractivity contribution in [1.29, 1.82) is 0 Å². The second-order valence-corrected chi connectivity index (χ2v) is 4.56. The van der Waals surface area contributed by atoms with Gasteiger partial charge in [0.15, 0.2) is 0 Å². The highest BCUT2D eigenvalue weighted by Gasteiger charge is 2.10. The van der Waals surface area contributed by atoms with Gasteiger partial charge in [-0.1, -0.05) is 32.9 Å². The van der Waals surface area contributed by atoms with E-state index in [1.165, 1.54) is 5.57 Å². The Labute approximate surface area is 76.8 Å². The Kier molecular flexibility index (Phi) is 4.08. The maximum absolute atomic E-state index is 3.69. The highest BCUT2D eigenvalue weighted by Crippen LogP contribution is 2.23. The zero-order chi connectivity index (χ0) is 9.78. The topological polar surface area (TPSA) is 3.24 Å². The van der Waals surface area contributed by atoms with E-state index in [0.717, 1.165) is 6.42 Å². The van der Waals surface area contributed by atoms with Gasteiger partial charge in [0.1, 0.15) is 0 Å². The highest BCUT2D eigenvalue weighted by atomic mass is 15.0. The molecule has 12 heavy (non-hydrogen) atoms. The molecule has 0 aliphatic carbocycles. The van der Waals surface area contributed by atoms with E-state index in [0.29, 0.717) is 5.41 Å². The van der Waals surface area contributed by atoms with Crippen molar-refractivity contribution in [3.8, 4) is 0 Å². The molecule has 1 nitrogen and oxygen atoms in total. The molecule has 0 heterocycles. The van der Waals surface area contributed by atoms with Gasteiger partial charge in [-0.05, 0) is 25.0 Å². The third-order valence-electron chi connectivity index (χ3n) is 1.52. The molecule has 70 valence electrons. The molecule has 0 amide bonds. The minimum absolute atomic E-state index is 0.378. The zero-order valence-corrected chi connectivity index (χ0v) is 9.02. The predicted octanol–water partition coefficient (Wildman–Crippen LogP) is 3.40. The molecule has 0 aromatic heterocycles. The molecule has 0 atom stereocenters. The van der Waals surface area contributed by atoms with Crippen LogP contribution in [0.15, 0.2) is 24.6 Å². The van der Waals surface area contributed by atoms with Gasteiger partial charge in [0, 0.05) is 13.2 Å². The van der Waals surface area contributed by atoms with Crippen LogP contribution < -0.4 is 0 Å². The molecule has 0 aromatic rings.